The number of nitrogens with one attached hydrogen (secondary N) is 1. The first kappa shape index (κ1) is 14.7. The number of aromatic nitrogens is 1. The quantitative estimate of drug-likeness (QED) is 0.902. The molecule has 0 amide bonds. The van der Waals surface area contributed by atoms with Crippen molar-refractivity contribution in [3.63, 3.8) is 0 Å². The molecule has 0 aliphatic carbocycles. The molecule has 0 aliphatic rings. The zero-order valence-electron chi connectivity index (χ0n) is 11.7. The van der Waals surface area contributed by atoms with Gasteiger partial charge in [0.1, 0.15) is 0 Å². The van der Waals surface area contributed by atoms with Crippen LogP contribution in [0.4, 0.5) is 5.69 Å². The van der Waals surface area contributed by atoms with E-state index in [9.17, 15) is 0 Å². The molecule has 5 heteroatoms. The maximum atomic E-state index is 5.32. The van der Waals surface area contributed by atoms with Crippen molar-refractivity contribution in [1.82, 2.24) is 4.98 Å². The van der Waals surface area contributed by atoms with Crippen molar-refractivity contribution < 1.29 is 9.47 Å². The van der Waals surface area contributed by atoms with Gasteiger partial charge in [-0.25, -0.2) is 0 Å². The molecule has 2 aromatic rings. The first-order valence-electron chi connectivity index (χ1n) is 6.20. The fourth-order valence-corrected chi connectivity index (χ4v) is 2.33. The molecule has 0 unspecified atom stereocenters. The monoisotopic (exact) mass is 336 g/mol. The fourth-order valence-electron chi connectivity index (χ4n) is 1.87. The molecular weight excluding hydrogens is 320 g/mol. The number of ether oxygens (including phenoxy) is 2. The minimum atomic E-state index is 0.674. The number of benzene rings is 1. The first-order chi connectivity index (χ1) is 9.65. The molecule has 0 spiro atoms. The van der Waals surface area contributed by atoms with Gasteiger partial charge in [-0.05, 0) is 36.2 Å². The SMILES string of the molecule is COc1cc(Br)c(CNc2cnccc2C)cc1OC. The van der Waals surface area contributed by atoms with Crippen molar-refractivity contribution in [1.29, 1.82) is 0 Å². The molecule has 106 valence electrons. The Morgan fingerprint density at radius 3 is 2.55 bits per heavy atom. The summed E-state index contributed by atoms with van der Waals surface area (Å²) in [5, 5.41) is 3.37. The molecule has 1 N–H and O–H groups in total. The van der Waals surface area contributed by atoms with Crippen molar-refractivity contribution in [3.05, 3.63) is 46.2 Å². The van der Waals surface area contributed by atoms with Crippen molar-refractivity contribution in [2.75, 3.05) is 19.5 Å². The Bertz CT molecular complexity index is 602. The summed E-state index contributed by atoms with van der Waals surface area (Å²) in [6.07, 6.45) is 3.61. The zero-order chi connectivity index (χ0) is 14.5. The first-order valence-corrected chi connectivity index (χ1v) is 7.00. The van der Waals surface area contributed by atoms with Crippen LogP contribution in [0.15, 0.2) is 35.1 Å². The summed E-state index contributed by atoms with van der Waals surface area (Å²) >= 11 is 3.55. The molecular formula is C15H17BrN2O2. The number of hydrogen-bond acceptors (Lipinski definition) is 4. The summed E-state index contributed by atoms with van der Waals surface area (Å²) in [5.74, 6) is 1.43. The normalized spacial score (nSPS) is 10.2. The lowest BCUT2D eigenvalue weighted by Crippen LogP contribution is -2.03. The van der Waals surface area contributed by atoms with Crippen LogP contribution in [-0.4, -0.2) is 19.2 Å². The average molecular weight is 337 g/mol. The van der Waals surface area contributed by atoms with Gasteiger partial charge in [0.25, 0.3) is 0 Å². The fraction of sp³-hybridized carbons (Fsp3) is 0.267. The van der Waals surface area contributed by atoms with Gasteiger partial charge in [-0.2, -0.15) is 0 Å². The van der Waals surface area contributed by atoms with E-state index in [4.69, 9.17) is 9.47 Å². The molecule has 4 nitrogen and oxygen atoms in total. The van der Waals surface area contributed by atoms with Crippen molar-refractivity contribution in [2.24, 2.45) is 0 Å². The van der Waals surface area contributed by atoms with Gasteiger partial charge in [0.05, 0.1) is 26.1 Å². The molecule has 2 rings (SSSR count). The molecule has 1 heterocycles. The third kappa shape index (κ3) is 3.22. The van der Waals surface area contributed by atoms with Gasteiger partial charge in [-0.15, -0.1) is 0 Å². The Morgan fingerprint density at radius 1 is 1.20 bits per heavy atom. The number of anilines is 1. The van der Waals surface area contributed by atoms with Crippen LogP contribution in [0.3, 0.4) is 0 Å². The highest BCUT2D eigenvalue weighted by Gasteiger charge is 2.09. The largest absolute Gasteiger partial charge is 0.493 e. The van der Waals surface area contributed by atoms with Crippen LogP contribution in [0.25, 0.3) is 0 Å². The molecule has 1 aromatic heterocycles. The van der Waals surface area contributed by atoms with Crippen LogP contribution in [0.5, 0.6) is 11.5 Å². The molecule has 1 aromatic carbocycles. The number of aryl methyl sites for hydroxylation is 1. The Labute approximate surface area is 127 Å². The molecule has 0 aliphatic heterocycles. The van der Waals surface area contributed by atoms with Crippen molar-refractivity contribution >= 4 is 21.6 Å². The second-order valence-electron chi connectivity index (χ2n) is 4.34. The molecule has 20 heavy (non-hydrogen) atoms. The highest BCUT2D eigenvalue weighted by Crippen LogP contribution is 2.33. The number of nitrogens with zero attached hydrogens (tertiary/aromatic N) is 1. The van der Waals surface area contributed by atoms with Gasteiger partial charge in [0.2, 0.25) is 0 Å². The standard InChI is InChI=1S/C15H17BrN2O2/c1-10-4-5-17-9-13(10)18-8-11-6-14(19-2)15(20-3)7-12(11)16/h4-7,9,18H,8H2,1-3H3. The molecule has 0 saturated carbocycles. The minimum Gasteiger partial charge on any atom is -0.493 e. The maximum Gasteiger partial charge on any atom is 0.161 e. The Balaban J connectivity index is 2.19. The van der Waals surface area contributed by atoms with Gasteiger partial charge in [0.15, 0.2) is 11.5 Å². The molecule has 0 bridgehead atoms. The van der Waals surface area contributed by atoms with E-state index >= 15 is 0 Å². The van der Waals surface area contributed by atoms with E-state index in [2.05, 4.69) is 26.2 Å². The number of methoxy groups -OCH3 is 2. The van der Waals surface area contributed by atoms with E-state index in [1.54, 1.807) is 20.4 Å². The number of pyridine rings is 1. The van der Waals surface area contributed by atoms with E-state index in [-0.39, 0.29) is 0 Å². The summed E-state index contributed by atoms with van der Waals surface area (Å²) in [6, 6.07) is 5.85. The van der Waals surface area contributed by atoms with Crippen LogP contribution < -0.4 is 14.8 Å². The van der Waals surface area contributed by atoms with E-state index in [0.29, 0.717) is 12.3 Å². The molecule has 0 radical (unpaired) electrons. The second kappa shape index (κ2) is 6.61. The lowest BCUT2D eigenvalue weighted by molar-refractivity contribution is 0.354. The Morgan fingerprint density at radius 2 is 1.90 bits per heavy atom. The summed E-state index contributed by atoms with van der Waals surface area (Å²) in [7, 11) is 3.26. The van der Waals surface area contributed by atoms with E-state index in [1.807, 2.05) is 31.3 Å². The summed E-state index contributed by atoms with van der Waals surface area (Å²) in [5.41, 5.74) is 3.27. The Kier molecular flexibility index (Phi) is 4.84. The summed E-state index contributed by atoms with van der Waals surface area (Å²) in [4.78, 5) is 4.12. The number of rotatable bonds is 5. The van der Waals surface area contributed by atoms with Gasteiger partial charge >= 0.3 is 0 Å². The second-order valence-corrected chi connectivity index (χ2v) is 5.20. The van der Waals surface area contributed by atoms with Gasteiger partial charge in [-0.3, -0.25) is 4.98 Å². The smallest absolute Gasteiger partial charge is 0.161 e. The Hall–Kier alpha value is -1.75. The minimum absolute atomic E-state index is 0.674. The van der Waals surface area contributed by atoms with Crippen molar-refractivity contribution in [3.8, 4) is 11.5 Å². The zero-order valence-corrected chi connectivity index (χ0v) is 13.3. The topological polar surface area (TPSA) is 43.4 Å². The highest BCUT2D eigenvalue weighted by molar-refractivity contribution is 9.10. The third-order valence-electron chi connectivity index (χ3n) is 3.06. The summed E-state index contributed by atoms with van der Waals surface area (Å²) in [6.45, 7) is 2.72. The highest BCUT2D eigenvalue weighted by atomic mass is 79.9. The van der Waals surface area contributed by atoms with Crippen LogP contribution in [0, 0.1) is 6.92 Å². The van der Waals surface area contributed by atoms with Gasteiger partial charge in [0, 0.05) is 17.2 Å². The predicted octanol–water partition coefficient (Wildman–Crippen LogP) is 3.78. The van der Waals surface area contributed by atoms with Crippen LogP contribution in [-0.2, 0) is 6.54 Å². The van der Waals surface area contributed by atoms with Crippen LogP contribution >= 0.6 is 15.9 Å². The molecule has 0 atom stereocenters. The lowest BCUT2D eigenvalue weighted by atomic mass is 10.2. The van der Waals surface area contributed by atoms with Crippen LogP contribution in [0.1, 0.15) is 11.1 Å². The number of hydrogen-bond donors (Lipinski definition) is 1. The van der Waals surface area contributed by atoms with Gasteiger partial charge in [-0.1, -0.05) is 15.9 Å². The van der Waals surface area contributed by atoms with E-state index in [0.717, 1.165) is 27.0 Å². The lowest BCUT2D eigenvalue weighted by Gasteiger charge is -2.13. The van der Waals surface area contributed by atoms with Crippen molar-refractivity contribution in [2.45, 2.75) is 13.5 Å². The average Bonchev–Trinajstić information content (AvgIpc) is 2.47. The third-order valence-corrected chi connectivity index (χ3v) is 3.80. The van der Waals surface area contributed by atoms with E-state index in [1.165, 1.54) is 0 Å². The number of halogens is 1. The molecule has 0 saturated heterocycles. The van der Waals surface area contributed by atoms with Crippen LogP contribution in [0.2, 0.25) is 0 Å². The molecule has 0 fully saturated rings. The van der Waals surface area contributed by atoms with E-state index < -0.39 is 0 Å². The predicted molar refractivity (Wildman–Crippen MR) is 83.5 cm³/mol. The maximum absolute atomic E-state index is 5.32. The summed E-state index contributed by atoms with van der Waals surface area (Å²) < 4.78 is 11.6. The van der Waals surface area contributed by atoms with Gasteiger partial charge < -0.3 is 14.8 Å².